The lowest BCUT2D eigenvalue weighted by Crippen LogP contribution is -2.40. The molecule has 21 heavy (non-hydrogen) atoms. The minimum Gasteiger partial charge on any atom is -0.352 e. The SMILES string of the molecule is CCCNC(=O)c1cccc(NC(=O)[C@@H](N)C(C)CC)c1. The highest BCUT2D eigenvalue weighted by atomic mass is 16.2. The molecule has 0 bridgehead atoms. The molecule has 1 aromatic rings. The van der Waals surface area contributed by atoms with Crippen molar-refractivity contribution in [2.75, 3.05) is 11.9 Å². The Kier molecular flexibility index (Phi) is 6.88. The molecule has 0 aromatic heterocycles. The fourth-order valence-corrected chi connectivity index (χ4v) is 1.82. The number of carbonyl (C=O) groups excluding carboxylic acids is 2. The van der Waals surface area contributed by atoms with Gasteiger partial charge in [-0.1, -0.05) is 33.3 Å². The van der Waals surface area contributed by atoms with E-state index in [1.165, 1.54) is 0 Å². The number of amides is 2. The quantitative estimate of drug-likeness (QED) is 0.719. The predicted octanol–water partition coefficient (Wildman–Crippen LogP) is 2.14. The Balaban J connectivity index is 2.72. The number of nitrogens with one attached hydrogen (secondary N) is 2. The molecule has 0 radical (unpaired) electrons. The lowest BCUT2D eigenvalue weighted by molar-refractivity contribution is -0.118. The number of nitrogens with two attached hydrogens (primary N) is 1. The maximum Gasteiger partial charge on any atom is 0.251 e. The van der Waals surface area contributed by atoms with Gasteiger partial charge in [0, 0.05) is 17.8 Å². The van der Waals surface area contributed by atoms with Crippen LogP contribution in [0.2, 0.25) is 0 Å². The summed E-state index contributed by atoms with van der Waals surface area (Å²) in [4.78, 5) is 23.9. The van der Waals surface area contributed by atoms with Gasteiger partial charge in [0.1, 0.15) is 0 Å². The molecule has 0 spiro atoms. The van der Waals surface area contributed by atoms with Crippen molar-refractivity contribution in [1.82, 2.24) is 5.32 Å². The zero-order valence-electron chi connectivity index (χ0n) is 13.0. The summed E-state index contributed by atoms with van der Waals surface area (Å²) in [6.07, 6.45) is 1.72. The second-order valence-corrected chi connectivity index (χ2v) is 5.24. The molecular formula is C16H25N3O2. The minimum absolute atomic E-state index is 0.112. The molecule has 0 aliphatic carbocycles. The number of hydrogen-bond donors (Lipinski definition) is 3. The van der Waals surface area contributed by atoms with Gasteiger partial charge >= 0.3 is 0 Å². The summed E-state index contributed by atoms with van der Waals surface area (Å²) < 4.78 is 0. The minimum atomic E-state index is -0.549. The normalized spacial score (nSPS) is 13.3. The Morgan fingerprint density at radius 1 is 1.29 bits per heavy atom. The Hall–Kier alpha value is -1.88. The van der Waals surface area contributed by atoms with Crippen LogP contribution in [0.25, 0.3) is 0 Å². The molecule has 0 saturated heterocycles. The molecule has 1 rings (SSSR count). The van der Waals surface area contributed by atoms with Crippen molar-refractivity contribution in [3.05, 3.63) is 29.8 Å². The molecule has 0 fully saturated rings. The standard InChI is InChI=1S/C16H25N3O2/c1-4-9-18-15(20)12-7-6-8-13(10-12)19-16(21)14(17)11(3)5-2/h6-8,10-11,14H,4-5,9,17H2,1-3H3,(H,18,20)(H,19,21)/t11?,14-/m0/s1. The highest BCUT2D eigenvalue weighted by Gasteiger charge is 2.19. The van der Waals surface area contributed by atoms with Crippen LogP contribution in [-0.2, 0) is 4.79 Å². The van der Waals surface area contributed by atoms with Crippen LogP contribution in [0.3, 0.4) is 0 Å². The van der Waals surface area contributed by atoms with Crippen molar-refractivity contribution in [3.8, 4) is 0 Å². The van der Waals surface area contributed by atoms with E-state index in [1.807, 2.05) is 20.8 Å². The van der Waals surface area contributed by atoms with Crippen LogP contribution >= 0.6 is 0 Å². The fraction of sp³-hybridized carbons (Fsp3) is 0.500. The molecule has 1 unspecified atom stereocenters. The fourth-order valence-electron chi connectivity index (χ4n) is 1.82. The summed E-state index contributed by atoms with van der Waals surface area (Å²) in [6, 6.07) is 6.32. The van der Waals surface area contributed by atoms with Crippen LogP contribution in [0.15, 0.2) is 24.3 Å². The monoisotopic (exact) mass is 291 g/mol. The Morgan fingerprint density at radius 2 is 2.00 bits per heavy atom. The van der Waals surface area contributed by atoms with E-state index in [-0.39, 0.29) is 17.7 Å². The van der Waals surface area contributed by atoms with E-state index in [0.717, 1.165) is 12.8 Å². The van der Waals surface area contributed by atoms with Gasteiger partial charge in [0.05, 0.1) is 6.04 Å². The molecule has 1 aromatic carbocycles. The second-order valence-electron chi connectivity index (χ2n) is 5.24. The van der Waals surface area contributed by atoms with Crippen molar-refractivity contribution in [3.63, 3.8) is 0 Å². The van der Waals surface area contributed by atoms with Gasteiger partial charge in [0.15, 0.2) is 0 Å². The van der Waals surface area contributed by atoms with Crippen LogP contribution in [0.1, 0.15) is 44.0 Å². The number of hydrogen-bond acceptors (Lipinski definition) is 3. The van der Waals surface area contributed by atoms with Crippen LogP contribution in [0.4, 0.5) is 5.69 Å². The van der Waals surface area contributed by atoms with Crippen molar-refractivity contribution in [2.24, 2.45) is 11.7 Å². The summed E-state index contributed by atoms with van der Waals surface area (Å²) in [6.45, 7) is 6.57. The molecule has 4 N–H and O–H groups in total. The van der Waals surface area contributed by atoms with Crippen LogP contribution in [-0.4, -0.2) is 24.4 Å². The van der Waals surface area contributed by atoms with Crippen molar-refractivity contribution >= 4 is 17.5 Å². The van der Waals surface area contributed by atoms with Gasteiger partial charge in [-0.2, -0.15) is 0 Å². The Morgan fingerprint density at radius 3 is 2.62 bits per heavy atom. The van der Waals surface area contributed by atoms with Crippen molar-refractivity contribution < 1.29 is 9.59 Å². The lowest BCUT2D eigenvalue weighted by Gasteiger charge is -2.18. The smallest absolute Gasteiger partial charge is 0.251 e. The average Bonchev–Trinajstić information content (AvgIpc) is 2.51. The van der Waals surface area contributed by atoms with E-state index in [0.29, 0.717) is 17.8 Å². The molecule has 0 saturated carbocycles. The maximum absolute atomic E-state index is 12.0. The van der Waals surface area contributed by atoms with Gasteiger partial charge in [0.2, 0.25) is 5.91 Å². The first-order valence-corrected chi connectivity index (χ1v) is 7.44. The van der Waals surface area contributed by atoms with E-state index >= 15 is 0 Å². The molecule has 5 heteroatoms. The third kappa shape index (κ3) is 5.19. The van der Waals surface area contributed by atoms with E-state index in [2.05, 4.69) is 10.6 Å². The van der Waals surface area contributed by atoms with Crippen LogP contribution < -0.4 is 16.4 Å². The van der Waals surface area contributed by atoms with E-state index in [9.17, 15) is 9.59 Å². The van der Waals surface area contributed by atoms with Gasteiger partial charge in [0.25, 0.3) is 5.91 Å². The first kappa shape index (κ1) is 17.2. The number of carbonyl (C=O) groups is 2. The van der Waals surface area contributed by atoms with Crippen LogP contribution in [0.5, 0.6) is 0 Å². The number of benzene rings is 1. The molecule has 0 aliphatic heterocycles. The summed E-state index contributed by atoms with van der Waals surface area (Å²) in [7, 11) is 0. The first-order valence-electron chi connectivity index (χ1n) is 7.44. The van der Waals surface area contributed by atoms with E-state index in [1.54, 1.807) is 24.3 Å². The average molecular weight is 291 g/mol. The predicted molar refractivity (Wildman–Crippen MR) is 85.1 cm³/mol. The topological polar surface area (TPSA) is 84.2 Å². The largest absolute Gasteiger partial charge is 0.352 e. The highest BCUT2D eigenvalue weighted by Crippen LogP contribution is 2.13. The lowest BCUT2D eigenvalue weighted by atomic mass is 9.99. The summed E-state index contributed by atoms with van der Waals surface area (Å²) in [5, 5.41) is 5.57. The van der Waals surface area contributed by atoms with Gasteiger partial charge < -0.3 is 16.4 Å². The third-order valence-electron chi connectivity index (χ3n) is 3.49. The second kappa shape index (κ2) is 8.42. The number of rotatable bonds is 7. The molecule has 2 atom stereocenters. The zero-order chi connectivity index (χ0) is 15.8. The Labute approximate surface area is 126 Å². The van der Waals surface area contributed by atoms with Crippen molar-refractivity contribution in [2.45, 2.75) is 39.7 Å². The summed E-state index contributed by atoms with van der Waals surface area (Å²) in [5.74, 6) is -0.254. The van der Waals surface area contributed by atoms with E-state index < -0.39 is 6.04 Å². The summed E-state index contributed by atoms with van der Waals surface area (Å²) in [5.41, 5.74) is 7.00. The molecule has 0 heterocycles. The van der Waals surface area contributed by atoms with Gasteiger partial charge in [-0.05, 0) is 30.5 Å². The zero-order valence-corrected chi connectivity index (χ0v) is 13.0. The highest BCUT2D eigenvalue weighted by molar-refractivity contribution is 5.98. The Bertz CT molecular complexity index is 488. The molecule has 116 valence electrons. The first-order chi connectivity index (χ1) is 9.99. The third-order valence-corrected chi connectivity index (χ3v) is 3.49. The van der Waals surface area contributed by atoms with Crippen molar-refractivity contribution in [1.29, 1.82) is 0 Å². The molecule has 5 nitrogen and oxygen atoms in total. The molecule has 2 amide bonds. The van der Waals surface area contributed by atoms with Gasteiger partial charge in [-0.3, -0.25) is 9.59 Å². The van der Waals surface area contributed by atoms with E-state index in [4.69, 9.17) is 5.73 Å². The molecule has 0 aliphatic rings. The van der Waals surface area contributed by atoms with Crippen LogP contribution in [0, 0.1) is 5.92 Å². The summed E-state index contributed by atoms with van der Waals surface area (Å²) >= 11 is 0. The maximum atomic E-state index is 12.0. The van der Waals surface area contributed by atoms with Gasteiger partial charge in [-0.25, -0.2) is 0 Å². The van der Waals surface area contributed by atoms with Gasteiger partial charge in [-0.15, -0.1) is 0 Å². The number of anilines is 1. The molecular weight excluding hydrogens is 266 g/mol.